The highest BCUT2D eigenvalue weighted by molar-refractivity contribution is 7.89. The summed E-state index contributed by atoms with van der Waals surface area (Å²) in [6, 6.07) is 13.3. The van der Waals surface area contributed by atoms with Gasteiger partial charge < -0.3 is 5.11 Å². The number of rotatable bonds is 5. The molecule has 0 spiro atoms. The molecule has 0 fully saturated rings. The lowest BCUT2D eigenvalue weighted by Crippen LogP contribution is -2.29. The summed E-state index contributed by atoms with van der Waals surface area (Å²) in [7, 11) is -3.64. The summed E-state index contributed by atoms with van der Waals surface area (Å²) in [6.45, 7) is 1.63. The molecule has 112 valence electrons. The Labute approximate surface area is 129 Å². The molecule has 6 heteroatoms. The van der Waals surface area contributed by atoms with Crippen molar-refractivity contribution >= 4 is 21.6 Å². The molecule has 0 amide bonds. The lowest BCUT2D eigenvalue weighted by atomic mass is 10.1. The standard InChI is InChI=1S/C15H16ClNO3S/c1-11-4-2-3-5-15(11)21(19,20)17-10-14(18)12-6-8-13(16)9-7-12/h2-9,14,17-18H,10H2,1H3. The molecule has 21 heavy (non-hydrogen) atoms. The number of benzene rings is 2. The number of aliphatic hydroxyl groups excluding tert-OH is 1. The minimum Gasteiger partial charge on any atom is -0.387 e. The van der Waals surface area contributed by atoms with E-state index in [9.17, 15) is 13.5 Å². The highest BCUT2D eigenvalue weighted by Crippen LogP contribution is 2.18. The summed E-state index contributed by atoms with van der Waals surface area (Å²) in [6.07, 6.45) is -0.930. The van der Waals surface area contributed by atoms with E-state index in [0.717, 1.165) is 0 Å². The van der Waals surface area contributed by atoms with Crippen molar-refractivity contribution in [3.05, 3.63) is 64.7 Å². The molecule has 0 saturated carbocycles. The monoisotopic (exact) mass is 325 g/mol. The third-order valence-corrected chi connectivity index (χ3v) is 4.94. The minimum absolute atomic E-state index is 0.0989. The Morgan fingerprint density at radius 2 is 1.76 bits per heavy atom. The van der Waals surface area contributed by atoms with E-state index < -0.39 is 16.1 Å². The maximum Gasteiger partial charge on any atom is 0.240 e. The molecule has 1 unspecified atom stereocenters. The first-order chi connectivity index (χ1) is 9.90. The van der Waals surface area contributed by atoms with Crippen LogP contribution in [0.5, 0.6) is 0 Å². The molecule has 0 aliphatic heterocycles. The van der Waals surface area contributed by atoms with Gasteiger partial charge in [0.05, 0.1) is 11.0 Å². The molecule has 2 aromatic carbocycles. The third-order valence-electron chi connectivity index (χ3n) is 3.10. The van der Waals surface area contributed by atoms with E-state index in [1.807, 2.05) is 0 Å². The zero-order chi connectivity index (χ0) is 15.5. The van der Waals surface area contributed by atoms with Crippen molar-refractivity contribution < 1.29 is 13.5 Å². The van der Waals surface area contributed by atoms with Crippen molar-refractivity contribution in [3.8, 4) is 0 Å². The number of nitrogens with one attached hydrogen (secondary N) is 1. The smallest absolute Gasteiger partial charge is 0.240 e. The van der Waals surface area contributed by atoms with Crippen LogP contribution in [0.2, 0.25) is 5.02 Å². The molecular weight excluding hydrogens is 310 g/mol. The number of aliphatic hydroxyl groups is 1. The molecule has 0 heterocycles. The quantitative estimate of drug-likeness (QED) is 0.888. The normalized spacial score (nSPS) is 13.1. The summed E-state index contributed by atoms with van der Waals surface area (Å²) < 4.78 is 26.8. The fraction of sp³-hybridized carbons (Fsp3) is 0.200. The summed E-state index contributed by atoms with van der Waals surface area (Å²) in [4.78, 5) is 0.216. The van der Waals surface area contributed by atoms with Crippen LogP contribution < -0.4 is 4.72 Å². The van der Waals surface area contributed by atoms with Gasteiger partial charge in [0.25, 0.3) is 0 Å². The van der Waals surface area contributed by atoms with Crippen molar-refractivity contribution in [2.24, 2.45) is 0 Å². The van der Waals surface area contributed by atoms with Gasteiger partial charge in [-0.1, -0.05) is 41.9 Å². The first-order valence-corrected chi connectivity index (χ1v) is 8.25. The van der Waals surface area contributed by atoms with Crippen LogP contribution in [0.15, 0.2) is 53.4 Å². The number of sulfonamides is 1. The van der Waals surface area contributed by atoms with Crippen LogP contribution in [0.4, 0.5) is 0 Å². The highest BCUT2D eigenvalue weighted by atomic mass is 35.5. The molecule has 0 aliphatic rings. The van der Waals surface area contributed by atoms with Crippen LogP contribution in [0.25, 0.3) is 0 Å². The van der Waals surface area contributed by atoms with Gasteiger partial charge in [-0.05, 0) is 36.2 Å². The molecule has 2 N–H and O–H groups in total. The molecule has 4 nitrogen and oxygen atoms in total. The van der Waals surface area contributed by atoms with Crippen LogP contribution in [0.1, 0.15) is 17.2 Å². The fourth-order valence-corrected chi connectivity index (χ4v) is 3.34. The summed E-state index contributed by atoms with van der Waals surface area (Å²) in [5, 5.41) is 10.6. The summed E-state index contributed by atoms with van der Waals surface area (Å²) in [5.74, 6) is 0. The van der Waals surface area contributed by atoms with Gasteiger partial charge in [-0.3, -0.25) is 0 Å². The molecule has 2 aromatic rings. The zero-order valence-electron chi connectivity index (χ0n) is 11.5. The predicted octanol–water partition coefficient (Wildman–Crippen LogP) is 2.66. The van der Waals surface area contributed by atoms with Gasteiger partial charge in [0.2, 0.25) is 10.0 Å². The van der Waals surface area contributed by atoms with E-state index in [0.29, 0.717) is 16.1 Å². The minimum atomic E-state index is -3.64. The Kier molecular flexibility index (Phi) is 5.00. The lowest BCUT2D eigenvalue weighted by molar-refractivity contribution is 0.182. The Balaban J connectivity index is 2.08. The van der Waals surface area contributed by atoms with E-state index in [2.05, 4.69) is 4.72 Å². The maximum atomic E-state index is 12.2. The number of hydrogen-bond donors (Lipinski definition) is 2. The first-order valence-electron chi connectivity index (χ1n) is 6.39. The molecule has 0 aromatic heterocycles. The van der Waals surface area contributed by atoms with Crippen molar-refractivity contribution in [1.29, 1.82) is 0 Å². The Morgan fingerprint density at radius 1 is 1.14 bits per heavy atom. The topological polar surface area (TPSA) is 66.4 Å². The van der Waals surface area contributed by atoms with Crippen LogP contribution in [-0.2, 0) is 10.0 Å². The third kappa shape index (κ3) is 4.04. The second-order valence-corrected chi connectivity index (χ2v) is 6.86. The van der Waals surface area contributed by atoms with Gasteiger partial charge >= 0.3 is 0 Å². The molecular formula is C15H16ClNO3S. The second-order valence-electron chi connectivity index (χ2n) is 4.68. The van der Waals surface area contributed by atoms with Crippen molar-refractivity contribution in [2.75, 3.05) is 6.54 Å². The van der Waals surface area contributed by atoms with Gasteiger partial charge in [0.1, 0.15) is 0 Å². The van der Waals surface area contributed by atoms with Crippen LogP contribution in [0, 0.1) is 6.92 Å². The van der Waals surface area contributed by atoms with Gasteiger partial charge in [-0.2, -0.15) is 0 Å². The van der Waals surface area contributed by atoms with Crippen molar-refractivity contribution in [1.82, 2.24) is 4.72 Å². The van der Waals surface area contributed by atoms with Crippen LogP contribution in [-0.4, -0.2) is 20.1 Å². The maximum absolute atomic E-state index is 12.2. The number of aryl methyl sites for hydroxylation is 1. The molecule has 0 saturated heterocycles. The largest absolute Gasteiger partial charge is 0.387 e. The average molecular weight is 326 g/mol. The van der Waals surface area contributed by atoms with Gasteiger partial charge in [-0.15, -0.1) is 0 Å². The van der Waals surface area contributed by atoms with E-state index in [1.165, 1.54) is 6.07 Å². The lowest BCUT2D eigenvalue weighted by Gasteiger charge is -2.13. The molecule has 0 aliphatic carbocycles. The van der Waals surface area contributed by atoms with E-state index in [-0.39, 0.29) is 11.4 Å². The second kappa shape index (κ2) is 6.58. The van der Waals surface area contributed by atoms with Gasteiger partial charge in [-0.25, -0.2) is 13.1 Å². The zero-order valence-corrected chi connectivity index (χ0v) is 13.0. The van der Waals surface area contributed by atoms with Gasteiger partial charge in [0.15, 0.2) is 0 Å². The summed E-state index contributed by atoms with van der Waals surface area (Å²) >= 11 is 5.77. The summed E-state index contributed by atoms with van der Waals surface area (Å²) in [5.41, 5.74) is 1.26. The predicted molar refractivity (Wildman–Crippen MR) is 82.8 cm³/mol. The highest BCUT2D eigenvalue weighted by Gasteiger charge is 2.18. The van der Waals surface area contributed by atoms with E-state index >= 15 is 0 Å². The molecule has 0 bridgehead atoms. The first kappa shape index (κ1) is 16.0. The average Bonchev–Trinajstić information content (AvgIpc) is 2.46. The molecule has 2 rings (SSSR count). The van der Waals surface area contributed by atoms with Crippen molar-refractivity contribution in [3.63, 3.8) is 0 Å². The molecule has 1 atom stereocenters. The molecule has 0 radical (unpaired) electrons. The Morgan fingerprint density at radius 3 is 2.38 bits per heavy atom. The van der Waals surface area contributed by atoms with Crippen LogP contribution >= 0.6 is 11.6 Å². The van der Waals surface area contributed by atoms with Gasteiger partial charge in [0, 0.05) is 11.6 Å². The Bertz CT molecular complexity index is 714. The number of hydrogen-bond acceptors (Lipinski definition) is 3. The van der Waals surface area contributed by atoms with E-state index in [1.54, 1.807) is 49.4 Å². The van der Waals surface area contributed by atoms with E-state index in [4.69, 9.17) is 11.6 Å². The SMILES string of the molecule is Cc1ccccc1S(=O)(=O)NCC(O)c1ccc(Cl)cc1. The number of halogens is 1. The Hall–Kier alpha value is -1.40. The van der Waals surface area contributed by atoms with Crippen molar-refractivity contribution in [2.45, 2.75) is 17.9 Å². The van der Waals surface area contributed by atoms with Crippen LogP contribution in [0.3, 0.4) is 0 Å². The fourth-order valence-electron chi connectivity index (χ4n) is 1.93.